The van der Waals surface area contributed by atoms with Gasteiger partial charge in [0, 0.05) is 42.9 Å². The van der Waals surface area contributed by atoms with Gasteiger partial charge in [-0.25, -0.2) is 4.98 Å². The van der Waals surface area contributed by atoms with E-state index in [4.69, 9.17) is 0 Å². The van der Waals surface area contributed by atoms with Crippen molar-refractivity contribution in [3.05, 3.63) is 41.4 Å². The molecular weight excluding hydrogens is 497 g/mol. The molecule has 2 heterocycles. The highest BCUT2D eigenvalue weighted by Gasteiger charge is 2.23. The maximum absolute atomic E-state index is 4.30. The van der Waals surface area contributed by atoms with Gasteiger partial charge in [0.1, 0.15) is 12.7 Å². The highest BCUT2D eigenvalue weighted by Crippen LogP contribution is 2.22. The number of hydrogen-bond donors (Lipinski definition) is 2. The highest BCUT2D eigenvalue weighted by atomic mass is 127. The molecule has 1 saturated heterocycles. The van der Waals surface area contributed by atoms with Gasteiger partial charge < -0.3 is 15.5 Å². The Bertz CT molecular complexity index is 660. The molecule has 0 bridgehead atoms. The zero-order valence-electron chi connectivity index (χ0n) is 14.1. The molecule has 1 aliphatic heterocycles. The van der Waals surface area contributed by atoms with Crippen LogP contribution in [-0.2, 0) is 6.54 Å². The number of aliphatic imine (C=N–C) groups is 1. The number of aromatic nitrogens is 3. The van der Waals surface area contributed by atoms with Crippen LogP contribution in [0.2, 0.25) is 0 Å². The minimum atomic E-state index is 0. The van der Waals surface area contributed by atoms with Crippen molar-refractivity contribution in [3.63, 3.8) is 0 Å². The Labute approximate surface area is 173 Å². The van der Waals surface area contributed by atoms with Crippen molar-refractivity contribution >= 4 is 51.6 Å². The Morgan fingerprint density at radius 3 is 2.84 bits per heavy atom. The standard InChI is InChI=1S/C16H22BrN7.HI/c1-18-16(20-7-9-24-12-19-11-21-24)22-14-6-8-23(10-14)15-4-2-13(17)3-5-15;/h2-5,11-12,14H,6-10H2,1H3,(H2,18,20,22);1H. The summed E-state index contributed by atoms with van der Waals surface area (Å²) in [7, 11) is 1.80. The summed E-state index contributed by atoms with van der Waals surface area (Å²) in [5.41, 5.74) is 1.26. The van der Waals surface area contributed by atoms with Gasteiger partial charge >= 0.3 is 0 Å². The number of nitrogens with one attached hydrogen (secondary N) is 2. The Morgan fingerprint density at radius 2 is 2.16 bits per heavy atom. The summed E-state index contributed by atoms with van der Waals surface area (Å²) in [6, 6.07) is 8.86. The van der Waals surface area contributed by atoms with Crippen molar-refractivity contribution < 1.29 is 0 Å². The average molecular weight is 520 g/mol. The van der Waals surface area contributed by atoms with Gasteiger partial charge in [-0.15, -0.1) is 24.0 Å². The third kappa shape index (κ3) is 5.84. The summed E-state index contributed by atoms with van der Waals surface area (Å²) in [5.74, 6) is 0.831. The molecule has 1 atom stereocenters. The molecule has 2 aromatic rings. The molecule has 25 heavy (non-hydrogen) atoms. The van der Waals surface area contributed by atoms with Crippen LogP contribution in [0.4, 0.5) is 5.69 Å². The second-order valence-corrected chi connectivity index (χ2v) is 6.63. The lowest BCUT2D eigenvalue weighted by atomic mass is 10.3. The Kier molecular flexibility index (Phi) is 7.94. The number of nitrogens with zero attached hydrogens (tertiary/aromatic N) is 5. The predicted molar refractivity (Wildman–Crippen MR) is 115 cm³/mol. The van der Waals surface area contributed by atoms with E-state index in [0.717, 1.165) is 43.0 Å². The van der Waals surface area contributed by atoms with E-state index in [1.165, 1.54) is 5.69 Å². The zero-order chi connectivity index (χ0) is 16.8. The molecule has 0 radical (unpaired) electrons. The van der Waals surface area contributed by atoms with E-state index in [0.29, 0.717) is 6.04 Å². The average Bonchev–Trinajstić information content (AvgIpc) is 3.26. The van der Waals surface area contributed by atoms with Crippen molar-refractivity contribution in [1.82, 2.24) is 25.4 Å². The monoisotopic (exact) mass is 519 g/mol. The van der Waals surface area contributed by atoms with Gasteiger partial charge in [0.25, 0.3) is 0 Å². The van der Waals surface area contributed by atoms with E-state index in [1.54, 1.807) is 24.4 Å². The molecule has 1 aromatic heterocycles. The molecule has 1 aromatic carbocycles. The van der Waals surface area contributed by atoms with E-state index in [2.05, 4.69) is 70.8 Å². The number of anilines is 1. The fourth-order valence-corrected chi connectivity index (χ4v) is 3.05. The molecule has 0 amide bonds. The second kappa shape index (κ2) is 9.95. The lowest BCUT2D eigenvalue weighted by Crippen LogP contribution is -2.45. The summed E-state index contributed by atoms with van der Waals surface area (Å²) >= 11 is 3.48. The number of hydrogen-bond acceptors (Lipinski definition) is 4. The summed E-state index contributed by atoms with van der Waals surface area (Å²) in [6.07, 6.45) is 4.35. The molecule has 0 saturated carbocycles. The van der Waals surface area contributed by atoms with E-state index in [1.807, 2.05) is 0 Å². The molecular formula is C16H23BrIN7. The van der Waals surface area contributed by atoms with Crippen LogP contribution < -0.4 is 15.5 Å². The van der Waals surface area contributed by atoms with E-state index < -0.39 is 0 Å². The smallest absolute Gasteiger partial charge is 0.191 e. The number of halogens is 2. The SMILES string of the molecule is CN=C(NCCn1cncn1)NC1CCN(c2ccc(Br)cc2)C1.I. The molecule has 3 rings (SSSR count). The first-order valence-corrected chi connectivity index (χ1v) is 8.84. The van der Waals surface area contributed by atoms with Gasteiger partial charge in [-0.2, -0.15) is 5.10 Å². The van der Waals surface area contributed by atoms with Crippen LogP contribution in [0.3, 0.4) is 0 Å². The third-order valence-corrected chi connectivity index (χ3v) is 4.57. The van der Waals surface area contributed by atoms with Crippen LogP contribution in [0.25, 0.3) is 0 Å². The summed E-state index contributed by atoms with van der Waals surface area (Å²) < 4.78 is 2.91. The summed E-state index contributed by atoms with van der Waals surface area (Å²) in [5, 5.41) is 10.9. The highest BCUT2D eigenvalue weighted by molar-refractivity contribution is 14.0. The topological polar surface area (TPSA) is 70.4 Å². The van der Waals surface area contributed by atoms with Gasteiger partial charge in [-0.1, -0.05) is 15.9 Å². The summed E-state index contributed by atoms with van der Waals surface area (Å²) in [6.45, 7) is 3.54. The zero-order valence-corrected chi connectivity index (χ0v) is 18.0. The van der Waals surface area contributed by atoms with E-state index in [-0.39, 0.29) is 24.0 Å². The fraction of sp³-hybridized carbons (Fsp3) is 0.438. The van der Waals surface area contributed by atoms with E-state index in [9.17, 15) is 0 Å². The molecule has 136 valence electrons. The Morgan fingerprint density at radius 1 is 1.36 bits per heavy atom. The lowest BCUT2D eigenvalue weighted by Gasteiger charge is -2.20. The van der Waals surface area contributed by atoms with Gasteiger partial charge in [-0.3, -0.25) is 9.67 Å². The minimum Gasteiger partial charge on any atom is -0.369 e. The molecule has 1 aliphatic rings. The van der Waals surface area contributed by atoms with Crippen LogP contribution in [0.5, 0.6) is 0 Å². The maximum Gasteiger partial charge on any atom is 0.191 e. The number of benzene rings is 1. The fourth-order valence-electron chi connectivity index (χ4n) is 2.79. The van der Waals surface area contributed by atoms with Crippen molar-refractivity contribution in [2.45, 2.75) is 19.0 Å². The first-order valence-electron chi connectivity index (χ1n) is 8.04. The maximum atomic E-state index is 4.30. The quantitative estimate of drug-likeness (QED) is 0.359. The van der Waals surface area contributed by atoms with Gasteiger partial charge in [0.2, 0.25) is 0 Å². The second-order valence-electron chi connectivity index (χ2n) is 5.71. The lowest BCUT2D eigenvalue weighted by molar-refractivity contribution is 0.586. The van der Waals surface area contributed by atoms with Crippen molar-refractivity contribution in [3.8, 4) is 0 Å². The van der Waals surface area contributed by atoms with Crippen LogP contribution in [-0.4, -0.2) is 53.4 Å². The van der Waals surface area contributed by atoms with Crippen molar-refractivity contribution in [1.29, 1.82) is 0 Å². The number of rotatable bonds is 5. The van der Waals surface area contributed by atoms with Crippen LogP contribution >= 0.6 is 39.9 Å². The number of guanidine groups is 1. The first-order chi connectivity index (χ1) is 11.7. The molecule has 9 heteroatoms. The Balaban J connectivity index is 0.00000225. The van der Waals surface area contributed by atoms with Gasteiger partial charge in [0.05, 0.1) is 6.54 Å². The molecule has 7 nitrogen and oxygen atoms in total. The molecule has 2 N–H and O–H groups in total. The first kappa shape index (κ1) is 20.0. The Hall–Kier alpha value is -1.36. The minimum absolute atomic E-state index is 0. The molecule has 0 aliphatic carbocycles. The van der Waals surface area contributed by atoms with Gasteiger partial charge in [0.15, 0.2) is 5.96 Å². The van der Waals surface area contributed by atoms with Crippen LogP contribution in [0, 0.1) is 0 Å². The van der Waals surface area contributed by atoms with Crippen molar-refractivity contribution in [2.75, 3.05) is 31.6 Å². The predicted octanol–water partition coefficient (Wildman–Crippen LogP) is 2.10. The van der Waals surface area contributed by atoms with Crippen LogP contribution in [0.15, 0.2) is 46.4 Å². The molecule has 0 spiro atoms. The van der Waals surface area contributed by atoms with E-state index >= 15 is 0 Å². The molecule has 1 unspecified atom stereocenters. The van der Waals surface area contributed by atoms with Crippen molar-refractivity contribution in [2.24, 2.45) is 4.99 Å². The van der Waals surface area contributed by atoms with Crippen LogP contribution in [0.1, 0.15) is 6.42 Å². The largest absolute Gasteiger partial charge is 0.369 e. The molecule has 1 fully saturated rings. The van der Waals surface area contributed by atoms with Gasteiger partial charge in [-0.05, 0) is 30.7 Å². The third-order valence-electron chi connectivity index (χ3n) is 4.04. The summed E-state index contributed by atoms with van der Waals surface area (Å²) in [4.78, 5) is 10.6. The normalized spacial score (nSPS) is 17.3.